The topological polar surface area (TPSA) is 46.0 Å². The highest BCUT2D eigenvalue weighted by Crippen LogP contribution is 2.29. The van der Waals surface area contributed by atoms with Crippen LogP contribution in [0, 0.1) is 0 Å². The van der Waals surface area contributed by atoms with E-state index in [-0.39, 0.29) is 17.8 Å². The van der Waals surface area contributed by atoms with Gasteiger partial charge in [0.2, 0.25) is 0 Å². The zero-order valence-electron chi connectivity index (χ0n) is 18.1. The Bertz CT molecular complexity index is 918. The zero-order chi connectivity index (χ0) is 20.3. The molecule has 0 saturated carbocycles. The smallest absolute Gasteiger partial charge is 0.0723 e. The molecule has 0 bridgehead atoms. The predicted octanol–water partition coefficient (Wildman–Crippen LogP) is 4.19. The van der Waals surface area contributed by atoms with Crippen molar-refractivity contribution in [3.8, 4) is 0 Å². The summed E-state index contributed by atoms with van der Waals surface area (Å²) in [6, 6.07) is 15.2. The molecular formula is C24H32ClN5. The molecule has 1 aliphatic rings. The van der Waals surface area contributed by atoms with Crippen molar-refractivity contribution < 1.29 is 0 Å². The lowest BCUT2D eigenvalue weighted by Crippen LogP contribution is -2.45. The van der Waals surface area contributed by atoms with Crippen LogP contribution in [-0.4, -0.2) is 39.3 Å². The molecule has 2 aromatic heterocycles. The van der Waals surface area contributed by atoms with Crippen LogP contribution < -0.4 is 5.32 Å². The minimum Gasteiger partial charge on any atom is -0.314 e. The summed E-state index contributed by atoms with van der Waals surface area (Å²) >= 11 is 0. The number of benzene rings is 1. The van der Waals surface area contributed by atoms with Gasteiger partial charge in [0.15, 0.2) is 0 Å². The Balaban J connectivity index is 0.00000256. The van der Waals surface area contributed by atoms with Gasteiger partial charge in [-0.1, -0.05) is 51.1 Å². The summed E-state index contributed by atoms with van der Waals surface area (Å²) in [7, 11) is 0. The summed E-state index contributed by atoms with van der Waals surface area (Å²) in [5.41, 5.74) is 5.13. The van der Waals surface area contributed by atoms with Crippen LogP contribution >= 0.6 is 12.4 Å². The molecule has 4 rings (SSSR count). The van der Waals surface area contributed by atoms with Crippen molar-refractivity contribution in [2.75, 3.05) is 19.6 Å². The summed E-state index contributed by atoms with van der Waals surface area (Å²) in [6.45, 7) is 11.5. The van der Waals surface area contributed by atoms with Crippen molar-refractivity contribution >= 4 is 12.4 Å². The van der Waals surface area contributed by atoms with Gasteiger partial charge in [-0.25, -0.2) is 0 Å². The van der Waals surface area contributed by atoms with Gasteiger partial charge in [0.1, 0.15) is 0 Å². The Hall–Kier alpha value is -2.21. The minimum absolute atomic E-state index is 0. The fourth-order valence-corrected chi connectivity index (χ4v) is 4.13. The maximum absolute atomic E-state index is 5.00. The molecule has 0 amide bonds. The van der Waals surface area contributed by atoms with Crippen LogP contribution in [0.25, 0.3) is 0 Å². The normalized spacial score (nSPS) is 17.5. The molecule has 1 unspecified atom stereocenters. The lowest BCUT2D eigenvalue weighted by molar-refractivity contribution is 0.153. The minimum atomic E-state index is 0. The first-order valence-corrected chi connectivity index (χ1v) is 10.5. The molecule has 6 heteroatoms. The Morgan fingerprint density at radius 3 is 2.47 bits per heavy atom. The molecule has 5 nitrogen and oxygen atoms in total. The van der Waals surface area contributed by atoms with E-state index in [0.29, 0.717) is 6.04 Å². The van der Waals surface area contributed by atoms with Crippen LogP contribution in [0.5, 0.6) is 0 Å². The monoisotopic (exact) mass is 425 g/mol. The van der Waals surface area contributed by atoms with E-state index in [2.05, 4.69) is 89.3 Å². The lowest BCUT2D eigenvalue weighted by atomic mass is 9.89. The molecule has 1 N–H and O–H groups in total. The first-order chi connectivity index (χ1) is 14.0. The maximum atomic E-state index is 5.00. The third kappa shape index (κ3) is 5.28. The highest BCUT2D eigenvalue weighted by molar-refractivity contribution is 5.85. The molecule has 1 aromatic carbocycles. The van der Waals surface area contributed by atoms with Crippen molar-refractivity contribution in [2.45, 2.75) is 45.3 Å². The van der Waals surface area contributed by atoms with E-state index in [4.69, 9.17) is 5.10 Å². The second kappa shape index (κ2) is 9.73. The van der Waals surface area contributed by atoms with Gasteiger partial charge >= 0.3 is 0 Å². The first-order valence-electron chi connectivity index (χ1n) is 10.5. The zero-order valence-corrected chi connectivity index (χ0v) is 18.9. The third-order valence-corrected chi connectivity index (χ3v) is 5.55. The summed E-state index contributed by atoms with van der Waals surface area (Å²) < 4.78 is 2.11. The van der Waals surface area contributed by atoms with Crippen molar-refractivity contribution in [1.82, 2.24) is 25.0 Å². The summed E-state index contributed by atoms with van der Waals surface area (Å²) in [5, 5.41) is 8.55. The average molecular weight is 426 g/mol. The second-order valence-electron chi connectivity index (χ2n) is 8.91. The number of aromatic nitrogens is 3. The third-order valence-electron chi connectivity index (χ3n) is 5.55. The largest absolute Gasteiger partial charge is 0.314 e. The molecule has 1 atom stereocenters. The number of nitrogens with one attached hydrogen (secondary N) is 1. The second-order valence-corrected chi connectivity index (χ2v) is 8.91. The van der Waals surface area contributed by atoms with E-state index >= 15 is 0 Å². The molecule has 30 heavy (non-hydrogen) atoms. The fraction of sp³-hybridized carbons (Fsp3) is 0.417. The van der Waals surface area contributed by atoms with Crippen LogP contribution in [0.15, 0.2) is 61.1 Å². The Morgan fingerprint density at radius 1 is 1.03 bits per heavy atom. The molecule has 0 spiro atoms. The molecular weight excluding hydrogens is 394 g/mol. The average Bonchev–Trinajstić information content (AvgIpc) is 3.12. The number of nitrogens with zero attached hydrogens (tertiary/aromatic N) is 4. The fourth-order valence-electron chi connectivity index (χ4n) is 4.13. The number of pyridine rings is 1. The molecule has 0 aliphatic carbocycles. The number of rotatable bonds is 5. The Morgan fingerprint density at radius 2 is 1.77 bits per heavy atom. The Labute approximate surface area is 185 Å². The highest BCUT2D eigenvalue weighted by Gasteiger charge is 2.28. The quantitative estimate of drug-likeness (QED) is 0.665. The molecule has 1 aliphatic heterocycles. The lowest BCUT2D eigenvalue weighted by Gasteiger charge is -2.36. The molecule has 3 aromatic rings. The van der Waals surface area contributed by atoms with Crippen LogP contribution in [-0.2, 0) is 18.5 Å². The van der Waals surface area contributed by atoms with Gasteiger partial charge in [-0.2, -0.15) is 5.10 Å². The van der Waals surface area contributed by atoms with Gasteiger partial charge in [-0.05, 0) is 23.3 Å². The summed E-state index contributed by atoms with van der Waals surface area (Å²) in [4.78, 5) is 6.76. The van der Waals surface area contributed by atoms with Crippen molar-refractivity contribution in [3.63, 3.8) is 0 Å². The van der Waals surface area contributed by atoms with Crippen molar-refractivity contribution in [1.29, 1.82) is 0 Å². The van der Waals surface area contributed by atoms with E-state index < -0.39 is 0 Å². The van der Waals surface area contributed by atoms with E-state index in [9.17, 15) is 0 Å². The predicted molar refractivity (Wildman–Crippen MR) is 124 cm³/mol. The van der Waals surface area contributed by atoms with Crippen LogP contribution in [0.4, 0.5) is 0 Å². The SMILES string of the molecule is CC(C)(C)c1nn(Cc2ccccc2)cc1CN1CCNCC1c1ccncc1.Cl. The summed E-state index contributed by atoms with van der Waals surface area (Å²) in [5.74, 6) is 0. The molecule has 3 heterocycles. The molecule has 160 valence electrons. The number of halogens is 1. The van der Waals surface area contributed by atoms with Crippen LogP contribution in [0.3, 0.4) is 0 Å². The number of hydrogen-bond donors (Lipinski definition) is 1. The van der Waals surface area contributed by atoms with Gasteiger partial charge < -0.3 is 5.32 Å². The molecule has 1 saturated heterocycles. The van der Waals surface area contributed by atoms with Gasteiger partial charge in [0.25, 0.3) is 0 Å². The summed E-state index contributed by atoms with van der Waals surface area (Å²) in [6.07, 6.45) is 6.03. The van der Waals surface area contributed by atoms with E-state index in [1.54, 1.807) is 0 Å². The van der Waals surface area contributed by atoms with Crippen molar-refractivity contribution in [2.24, 2.45) is 0 Å². The molecule has 1 fully saturated rings. The van der Waals surface area contributed by atoms with Crippen LogP contribution in [0.1, 0.15) is 49.2 Å². The Kier molecular flexibility index (Phi) is 7.29. The van der Waals surface area contributed by atoms with E-state index in [0.717, 1.165) is 32.7 Å². The van der Waals surface area contributed by atoms with Gasteiger partial charge in [0, 0.05) is 61.8 Å². The van der Waals surface area contributed by atoms with E-state index in [1.165, 1.54) is 22.4 Å². The van der Waals surface area contributed by atoms with Crippen LogP contribution in [0.2, 0.25) is 0 Å². The van der Waals surface area contributed by atoms with E-state index in [1.807, 2.05) is 12.4 Å². The molecule has 0 radical (unpaired) electrons. The van der Waals surface area contributed by atoms with Gasteiger partial charge in [-0.3, -0.25) is 14.6 Å². The van der Waals surface area contributed by atoms with Crippen molar-refractivity contribution in [3.05, 3.63) is 83.4 Å². The highest BCUT2D eigenvalue weighted by atomic mass is 35.5. The maximum Gasteiger partial charge on any atom is 0.0723 e. The van der Waals surface area contributed by atoms with Gasteiger partial charge in [-0.15, -0.1) is 12.4 Å². The first kappa shape index (κ1) is 22.5. The standard InChI is InChI=1S/C24H31N5.ClH/c1-24(2,3)23-21(18-29(27-23)16-19-7-5-4-6-8-19)17-28-14-13-26-15-22(28)20-9-11-25-12-10-20;/h4-12,18,22,26H,13-17H2,1-3H3;1H. The number of piperazine rings is 1. The number of hydrogen-bond acceptors (Lipinski definition) is 4. The van der Waals surface area contributed by atoms with Gasteiger partial charge in [0.05, 0.1) is 12.2 Å².